The summed E-state index contributed by atoms with van der Waals surface area (Å²) in [6, 6.07) is 0. The average Bonchev–Trinajstić information content (AvgIpc) is 3.25. The fourth-order valence-corrected chi connectivity index (χ4v) is 5.77. The van der Waals surface area contributed by atoms with Crippen molar-refractivity contribution in [3.8, 4) is 0 Å². The van der Waals surface area contributed by atoms with Gasteiger partial charge in [-0.15, -0.1) is 0 Å². The van der Waals surface area contributed by atoms with Crippen LogP contribution in [0, 0.1) is 29.6 Å². The van der Waals surface area contributed by atoms with Crippen molar-refractivity contribution in [3.05, 3.63) is 0 Å². The number of rotatable bonds is 5. The van der Waals surface area contributed by atoms with Gasteiger partial charge in [-0.05, 0) is 53.1 Å². The first-order valence-corrected chi connectivity index (χ1v) is 11.4. The molecular formula is C20H28INO6. The van der Waals surface area contributed by atoms with Gasteiger partial charge in [-0.2, -0.15) is 0 Å². The monoisotopic (exact) mass is 505 g/mol. The first kappa shape index (κ1) is 20.4. The van der Waals surface area contributed by atoms with Crippen molar-refractivity contribution in [2.24, 2.45) is 29.6 Å². The summed E-state index contributed by atoms with van der Waals surface area (Å²) in [5, 5.41) is 3.33. The Kier molecular flexibility index (Phi) is 5.39. The minimum atomic E-state index is -0.591. The molecule has 0 aromatic carbocycles. The topological polar surface area (TPSA) is 90.9 Å². The summed E-state index contributed by atoms with van der Waals surface area (Å²) in [5.41, 5.74) is -0.591. The molecule has 2 saturated heterocycles. The van der Waals surface area contributed by atoms with Crippen LogP contribution in [0.25, 0.3) is 0 Å². The number of fused-ring (bicyclic) bond motifs is 1. The van der Waals surface area contributed by atoms with Gasteiger partial charge in [-0.1, -0.05) is 22.6 Å². The van der Waals surface area contributed by atoms with E-state index in [1.165, 1.54) is 0 Å². The lowest BCUT2D eigenvalue weighted by atomic mass is 9.78. The van der Waals surface area contributed by atoms with E-state index in [-0.39, 0.29) is 39.6 Å². The summed E-state index contributed by atoms with van der Waals surface area (Å²) in [7, 11) is 0. The Morgan fingerprint density at radius 2 is 1.93 bits per heavy atom. The Balaban J connectivity index is 1.51. The highest BCUT2D eigenvalue weighted by Gasteiger charge is 2.70. The van der Waals surface area contributed by atoms with Gasteiger partial charge < -0.3 is 19.5 Å². The molecule has 0 aromatic heterocycles. The van der Waals surface area contributed by atoms with Crippen LogP contribution in [0.1, 0.15) is 40.0 Å². The summed E-state index contributed by atoms with van der Waals surface area (Å²) in [4.78, 5) is 37.8. The molecule has 2 saturated carbocycles. The van der Waals surface area contributed by atoms with E-state index in [1.807, 2.05) is 36.4 Å². The number of piperidine rings is 1. The first-order valence-electron chi connectivity index (χ1n) is 10.2. The molecule has 1 N–H and O–H groups in total. The molecule has 4 aliphatic rings. The third-order valence-electron chi connectivity index (χ3n) is 7.08. The predicted molar refractivity (Wildman–Crippen MR) is 108 cm³/mol. The maximum atomic E-state index is 13.2. The summed E-state index contributed by atoms with van der Waals surface area (Å²) in [5.74, 6) is -2.05. The number of hydrogen-bond acceptors (Lipinski definition) is 7. The molecule has 7 nitrogen and oxygen atoms in total. The van der Waals surface area contributed by atoms with Crippen molar-refractivity contribution in [1.29, 1.82) is 0 Å². The lowest BCUT2D eigenvalue weighted by Gasteiger charge is -2.39. The van der Waals surface area contributed by atoms with Crippen molar-refractivity contribution in [2.45, 2.75) is 61.8 Å². The number of carbonyl (C=O) groups excluding carboxylic acids is 3. The van der Waals surface area contributed by atoms with Crippen LogP contribution < -0.4 is 5.32 Å². The molecule has 8 heteroatoms. The van der Waals surface area contributed by atoms with Crippen LogP contribution in [0.5, 0.6) is 0 Å². The van der Waals surface area contributed by atoms with Crippen LogP contribution in [-0.2, 0) is 28.6 Å². The van der Waals surface area contributed by atoms with Gasteiger partial charge in [0.2, 0.25) is 0 Å². The highest BCUT2D eigenvalue weighted by atomic mass is 127. The standard InChI is InChI=1S/C20H28INO6/c1-9(21)17(23)26-15-12-8-11-13(18(24)27-16(11)15)14(12)19(25)28-20(2,3)10-4-6-22-7-5-10/h9-16,22H,4-8H2,1-3H3. The second kappa shape index (κ2) is 7.41. The highest BCUT2D eigenvalue weighted by Crippen LogP contribution is 2.59. The maximum Gasteiger partial charge on any atom is 0.319 e. The second-order valence-corrected chi connectivity index (χ2v) is 11.0. The van der Waals surface area contributed by atoms with Gasteiger partial charge in [-0.3, -0.25) is 14.4 Å². The summed E-state index contributed by atoms with van der Waals surface area (Å²) < 4.78 is 16.9. The van der Waals surface area contributed by atoms with E-state index >= 15 is 0 Å². The Bertz CT molecular complexity index is 674. The number of halogens is 1. The van der Waals surface area contributed by atoms with E-state index in [0.29, 0.717) is 6.42 Å². The summed E-state index contributed by atoms with van der Waals surface area (Å²) >= 11 is 2.00. The molecule has 4 fully saturated rings. The molecule has 4 rings (SSSR count). The molecule has 0 amide bonds. The van der Waals surface area contributed by atoms with Gasteiger partial charge in [0, 0.05) is 17.8 Å². The molecule has 2 heterocycles. The van der Waals surface area contributed by atoms with E-state index in [4.69, 9.17) is 14.2 Å². The summed E-state index contributed by atoms with van der Waals surface area (Å²) in [6.07, 6.45) is 1.62. The van der Waals surface area contributed by atoms with Gasteiger partial charge in [-0.25, -0.2) is 0 Å². The van der Waals surface area contributed by atoms with Gasteiger partial charge >= 0.3 is 17.9 Å². The average molecular weight is 505 g/mol. The maximum absolute atomic E-state index is 13.2. The van der Waals surface area contributed by atoms with Gasteiger partial charge in [0.25, 0.3) is 0 Å². The Morgan fingerprint density at radius 3 is 2.57 bits per heavy atom. The first-order chi connectivity index (χ1) is 13.2. The van der Waals surface area contributed by atoms with Crippen LogP contribution in [0.2, 0.25) is 0 Å². The highest BCUT2D eigenvalue weighted by molar-refractivity contribution is 14.1. The third kappa shape index (κ3) is 3.34. The Labute approximate surface area is 178 Å². The zero-order valence-electron chi connectivity index (χ0n) is 16.5. The predicted octanol–water partition coefficient (Wildman–Crippen LogP) is 1.85. The minimum Gasteiger partial charge on any atom is -0.459 e. The van der Waals surface area contributed by atoms with Gasteiger partial charge in [0.1, 0.15) is 21.7 Å². The fraction of sp³-hybridized carbons (Fsp3) is 0.850. The van der Waals surface area contributed by atoms with E-state index in [1.54, 1.807) is 6.92 Å². The quantitative estimate of drug-likeness (QED) is 0.264. The van der Waals surface area contributed by atoms with Crippen LogP contribution >= 0.6 is 22.6 Å². The van der Waals surface area contributed by atoms with Crippen molar-refractivity contribution in [3.63, 3.8) is 0 Å². The molecule has 0 spiro atoms. The SMILES string of the molecule is CC(I)C(=O)OC1C2CC3C1OC(=O)C3C2C(=O)OC(C)(C)C1CCNCC1. The van der Waals surface area contributed by atoms with Crippen LogP contribution in [0.4, 0.5) is 0 Å². The van der Waals surface area contributed by atoms with Gasteiger partial charge in [0.15, 0.2) is 0 Å². The van der Waals surface area contributed by atoms with Crippen LogP contribution in [0.3, 0.4) is 0 Å². The van der Waals surface area contributed by atoms with Crippen LogP contribution in [-0.4, -0.2) is 52.7 Å². The molecule has 156 valence electrons. The lowest BCUT2D eigenvalue weighted by molar-refractivity contribution is -0.177. The molecule has 2 bridgehead atoms. The van der Waals surface area contributed by atoms with Crippen molar-refractivity contribution < 1.29 is 28.6 Å². The minimum absolute atomic E-state index is 0.0561. The number of hydrogen-bond donors (Lipinski definition) is 1. The molecule has 28 heavy (non-hydrogen) atoms. The molecule has 0 radical (unpaired) electrons. The zero-order chi connectivity index (χ0) is 20.2. The van der Waals surface area contributed by atoms with E-state index in [0.717, 1.165) is 25.9 Å². The molecule has 7 atom stereocenters. The molecule has 2 aliphatic carbocycles. The smallest absolute Gasteiger partial charge is 0.319 e. The molecule has 2 aliphatic heterocycles. The van der Waals surface area contributed by atoms with Crippen LogP contribution in [0.15, 0.2) is 0 Å². The van der Waals surface area contributed by atoms with E-state index in [2.05, 4.69) is 5.32 Å². The van der Waals surface area contributed by atoms with Crippen molar-refractivity contribution >= 4 is 40.5 Å². The number of esters is 3. The zero-order valence-corrected chi connectivity index (χ0v) is 18.6. The van der Waals surface area contributed by atoms with E-state index < -0.39 is 29.6 Å². The summed E-state index contributed by atoms with van der Waals surface area (Å²) in [6.45, 7) is 7.51. The largest absolute Gasteiger partial charge is 0.459 e. The second-order valence-electron chi connectivity index (χ2n) is 9.08. The van der Waals surface area contributed by atoms with E-state index in [9.17, 15) is 14.4 Å². The number of carbonyl (C=O) groups is 3. The lowest BCUT2D eigenvalue weighted by Crippen LogP contribution is -2.48. The van der Waals surface area contributed by atoms with Gasteiger partial charge in [0.05, 0.1) is 11.8 Å². The fourth-order valence-electron chi connectivity index (χ4n) is 5.62. The van der Waals surface area contributed by atoms with Crippen molar-refractivity contribution in [1.82, 2.24) is 5.32 Å². The third-order valence-corrected chi connectivity index (χ3v) is 7.59. The molecule has 0 aromatic rings. The molecular weight excluding hydrogens is 477 g/mol. The number of nitrogens with one attached hydrogen (secondary N) is 1. The Morgan fingerprint density at radius 1 is 1.25 bits per heavy atom. The number of alkyl halides is 1. The Hall–Kier alpha value is -0.900. The number of ether oxygens (including phenoxy) is 3. The normalized spacial score (nSPS) is 38.2. The van der Waals surface area contributed by atoms with Crippen molar-refractivity contribution in [2.75, 3.05) is 13.1 Å². The molecule has 7 unspecified atom stereocenters.